The van der Waals surface area contributed by atoms with Gasteiger partial charge in [0.1, 0.15) is 11.9 Å². The van der Waals surface area contributed by atoms with Crippen molar-refractivity contribution in [1.82, 2.24) is 0 Å². The molecule has 21 heavy (non-hydrogen) atoms. The Bertz CT molecular complexity index is 848. The van der Waals surface area contributed by atoms with Crippen LogP contribution in [0.4, 0.5) is 10.1 Å². The van der Waals surface area contributed by atoms with Crippen LogP contribution in [0.2, 0.25) is 10.0 Å². The molecule has 4 nitrogen and oxygen atoms in total. The highest BCUT2D eigenvalue weighted by Gasteiger charge is 2.16. The molecule has 0 fully saturated rings. The van der Waals surface area contributed by atoms with Crippen molar-refractivity contribution in [3.63, 3.8) is 0 Å². The van der Waals surface area contributed by atoms with Gasteiger partial charge in [-0.15, -0.1) is 0 Å². The molecular formula is C13H7Cl2FN2O2S. The number of nitriles is 1. The molecule has 0 spiro atoms. The van der Waals surface area contributed by atoms with Crippen LogP contribution in [0, 0.1) is 17.1 Å². The SMILES string of the molecule is N#Cc1cc(NS(=O)(=O)c2ccc(Cl)c(Cl)c2)ccc1F. The van der Waals surface area contributed by atoms with Crippen molar-refractivity contribution >= 4 is 38.9 Å². The maximum atomic E-state index is 13.2. The minimum absolute atomic E-state index is 0.0685. The highest BCUT2D eigenvalue weighted by atomic mass is 35.5. The van der Waals surface area contributed by atoms with Gasteiger partial charge in [-0.3, -0.25) is 4.72 Å². The van der Waals surface area contributed by atoms with Crippen LogP contribution in [0.1, 0.15) is 5.56 Å². The summed E-state index contributed by atoms with van der Waals surface area (Å²) in [7, 11) is -3.92. The van der Waals surface area contributed by atoms with Crippen molar-refractivity contribution in [3.8, 4) is 6.07 Å². The van der Waals surface area contributed by atoms with Crippen LogP contribution in [0.25, 0.3) is 0 Å². The molecular weight excluding hydrogens is 338 g/mol. The zero-order valence-electron chi connectivity index (χ0n) is 10.3. The average molecular weight is 345 g/mol. The Kier molecular flexibility index (Phi) is 4.37. The zero-order valence-corrected chi connectivity index (χ0v) is 12.6. The molecule has 0 heterocycles. The van der Waals surface area contributed by atoms with Gasteiger partial charge in [0, 0.05) is 0 Å². The molecule has 0 aliphatic rings. The third-order valence-corrected chi connectivity index (χ3v) is 4.66. The molecule has 0 bridgehead atoms. The number of nitrogens with one attached hydrogen (secondary N) is 1. The van der Waals surface area contributed by atoms with E-state index in [0.29, 0.717) is 0 Å². The average Bonchev–Trinajstić information content (AvgIpc) is 2.43. The topological polar surface area (TPSA) is 70.0 Å². The molecule has 2 aromatic rings. The number of sulfonamides is 1. The maximum Gasteiger partial charge on any atom is 0.261 e. The fourth-order valence-electron chi connectivity index (χ4n) is 1.53. The van der Waals surface area contributed by atoms with Gasteiger partial charge in [0.05, 0.1) is 26.2 Å². The smallest absolute Gasteiger partial charge is 0.261 e. The van der Waals surface area contributed by atoms with Gasteiger partial charge in [0.25, 0.3) is 10.0 Å². The Balaban J connectivity index is 2.37. The van der Waals surface area contributed by atoms with E-state index in [0.717, 1.165) is 12.1 Å². The second-order valence-corrected chi connectivity index (χ2v) is 6.48. The quantitative estimate of drug-likeness (QED) is 0.920. The third kappa shape index (κ3) is 3.45. The molecule has 0 radical (unpaired) electrons. The summed E-state index contributed by atoms with van der Waals surface area (Å²) in [6.45, 7) is 0. The molecule has 2 aromatic carbocycles. The van der Waals surface area contributed by atoms with Gasteiger partial charge >= 0.3 is 0 Å². The van der Waals surface area contributed by atoms with E-state index in [4.69, 9.17) is 28.5 Å². The van der Waals surface area contributed by atoms with Gasteiger partial charge in [-0.25, -0.2) is 12.8 Å². The number of halogens is 3. The summed E-state index contributed by atoms with van der Waals surface area (Å²) in [6, 6.07) is 8.78. The lowest BCUT2D eigenvalue weighted by Gasteiger charge is -2.09. The number of hydrogen-bond donors (Lipinski definition) is 1. The van der Waals surface area contributed by atoms with Gasteiger partial charge in [0.2, 0.25) is 0 Å². The Hall–Kier alpha value is -1.81. The van der Waals surface area contributed by atoms with Crippen LogP contribution >= 0.6 is 23.2 Å². The summed E-state index contributed by atoms with van der Waals surface area (Å²) >= 11 is 11.5. The Morgan fingerprint density at radius 3 is 2.43 bits per heavy atom. The first kappa shape index (κ1) is 15.6. The summed E-state index contributed by atoms with van der Waals surface area (Å²) in [5.74, 6) is -0.727. The minimum atomic E-state index is -3.92. The number of benzene rings is 2. The van der Waals surface area contributed by atoms with Crippen molar-refractivity contribution in [1.29, 1.82) is 5.26 Å². The van der Waals surface area contributed by atoms with E-state index in [2.05, 4.69) is 4.72 Å². The molecule has 0 aromatic heterocycles. The first-order valence-electron chi connectivity index (χ1n) is 5.51. The van der Waals surface area contributed by atoms with Crippen LogP contribution in [0.15, 0.2) is 41.3 Å². The second kappa shape index (κ2) is 5.90. The van der Waals surface area contributed by atoms with E-state index in [-0.39, 0.29) is 26.2 Å². The number of anilines is 1. The highest BCUT2D eigenvalue weighted by molar-refractivity contribution is 7.92. The standard InChI is InChI=1S/C13H7Cl2FN2O2S/c14-11-3-2-10(6-12(11)15)21(19,20)18-9-1-4-13(16)8(5-9)7-17/h1-6,18H. The number of nitrogens with zero attached hydrogens (tertiary/aromatic N) is 1. The van der Waals surface area contributed by atoms with Gasteiger partial charge in [-0.1, -0.05) is 23.2 Å². The lowest BCUT2D eigenvalue weighted by Crippen LogP contribution is -2.13. The monoisotopic (exact) mass is 344 g/mol. The van der Waals surface area contributed by atoms with Crippen molar-refractivity contribution in [3.05, 3.63) is 57.8 Å². The normalized spacial score (nSPS) is 11.0. The summed E-state index contributed by atoms with van der Waals surface area (Å²) in [5, 5.41) is 9.05. The summed E-state index contributed by atoms with van der Waals surface area (Å²) < 4.78 is 39.7. The Labute approximate surface area is 130 Å². The van der Waals surface area contributed by atoms with Crippen LogP contribution in [-0.4, -0.2) is 8.42 Å². The van der Waals surface area contributed by atoms with Crippen LogP contribution in [0.5, 0.6) is 0 Å². The molecule has 8 heteroatoms. The third-order valence-electron chi connectivity index (χ3n) is 2.54. The summed E-state index contributed by atoms with van der Waals surface area (Å²) in [6.07, 6.45) is 0. The van der Waals surface area contributed by atoms with Gasteiger partial charge in [-0.2, -0.15) is 5.26 Å². The van der Waals surface area contributed by atoms with E-state index in [1.165, 1.54) is 24.3 Å². The zero-order chi connectivity index (χ0) is 15.6. The second-order valence-electron chi connectivity index (χ2n) is 3.99. The van der Waals surface area contributed by atoms with Crippen LogP contribution < -0.4 is 4.72 Å². The van der Waals surface area contributed by atoms with Crippen molar-refractivity contribution in [2.24, 2.45) is 0 Å². The van der Waals surface area contributed by atoms with Crippen molar-refractivity contribution in [2.75, 3.05) is 4.72 Å². The van der Waals surface area contributed by atoms with Gasteiger partial charge in [-0.05, 0) is 36.4 Å². The molecule has 0 unspecified atom stereocenters. The fourth-order valence-corrected chi connectivity index (χ4v) is 2.97. The predicted molar refractivity (Wildman–Crippen MR) is 78.4 cm³/mol. The number of rotatable bonds is 3. The summed E-state index contributed by atoms with van der Waals surface area (Å²) in [4.78, 5) is -0.0975. The van der Waals surface area contributed by atoms with Crippen LogP contribution in [-0.2, 0) is 10.0 Å². The molecule has 0 amide bonds. The molecule has 1 N–H and O–H groups in total. The molecule has 0 aliphatic heterocycles. The molecule has 108 valence electrons. The number of hydrogen-bond acceptors (Lipinski definition) is 3. The Morgan fingerprint density at radius 1 is 1.10 bits per heavy atom. The first-order chi connectivity index (χ1) is 9.83. The van der Waals surface area contributed by atoms with Crippen LogP contribution in [0.3, 0.4) is 0 Å². The minimum Gasteiger partial charge on any atom is -0.280 e. The van der Waals surface area contributed by atoms with Crippen molar-refractivity contribution < 1.29 is 12.8 Å². The van der Waals surface area contributed by atoms with Crippen molar-refractivity contribution in [2.45, 2.75) is 4.90 Å². The lowest BCUT2D eigenvalue weighted by atomic mass is 10.2. The molecule has 0 aliphatic carbocycles. The first-order valence-corrected chi connectivity index (χ1v) is 7.75. The summed E-state index contributed by atoms with van der Waals surface area (Å²) in [5.41, 5.74) is -0.191. The maximum absolute atomic E-state index is 13.2. The van der Waals surface area contributed by atoms with Gasteiger partial charge in [0.15, 0.2) is 0 Å². The molecule has 0 saturated carbocycles. The Morgan fingerprint density at radius 2 is 1.81 bits per heavy atom. The van der Waals surface area contributed by atoms with Gasteiger partial charge < -0.3 is 0 Å². The molecule has 0 saturated heterocycles. The van der Waals surface area contributed by atoms with E-state index in [1.807, 2.05) is 0 Å². The van der Waals surface area contributed by atoms with E-state index in [9.17, 15) is 12.8 Å². The highest BCUT2D eigenvalue weighted by Crippen LogP contribution is 2.26. The predicted octanol–water partition coefficient (Wildman–Crippen LogP) is 3.80. The van der Waals surface area contributed by atoms with E-state index < -0.39 is 15.8 Å². The molecule has 2 rings (SSSR count). The largest absolute Gasteiger partial charge is 0.280 e. The van der Waals surface area contributed by atoms with E-state index in [1.54, 1.807) is 6.07 Å². The fraction of sp³-hybridized carbons (Fsp3) is 0. The lowest BCUT2D eigenvalue weighted by molar-refractivity contribution is 0.601. The van der Waals surface area contributed by atoms with E-state index >= 15 is 0 Å². The molecule has 0 atom stereocenters.